The normalized spacial score (nSPS) is 9.42. The second-order valence-corrected chi connectivity index (χ2v) is 9.93. The maximum atomic E-state index is 5.65. The molecule has 0 aliphatic heterocycles. The van der Waals surface area contributed by atoms with Crippen molar-refractivity contribution in [1.29, 1.82) is 0 Å². The number of halogens is 3. The van der Waals surface area contributed by atoms with Crippen molar-refractivity contribution < 1.29 is 0 Å². The molecule has 0 spiro atoms. The predicted molar refractivity (Wildman–Crippen MR) is 184 cm³/mol. The quantitative estimate of drug-likeness (QED) is 0.140. The molecule has 3 aromatic rings. The van der Waals surface area contributed by atoms with Crippen LogP contribution in [0.2, 0.25) is 15.9 Å². The van der Waals surface area contributed by atoms with Gasteiger partial charge in [0.1, 0.15) is 0 Å². The summed E-state index contributed by atoms with van der Waals surface area (Å²) in [5.74, 6) is 1.69. The summed E-state index contributed by atoms with van der Waals surface area (Å²) in [6.45, 7) is 7.93. The Morgan fingerprint density at radius 3 is 1.23 bits per heavy atom. The summed E-state index contributed by atoms with van der Waals surface area (Å²) in [7, 11) is 1.50. The molecule has 0 unspecified atom stereocenters. The molecule has 244 valence electrons. The number of nitrogens with one attached hydrogen (secondary N) is 3. The van der Waals surface area contributed by atoms with Crippen LogP contribution in [0.5, 0.6) is 0 Å². The van der Waals surface area contributed by atoms with E-state index in [4.69, 9.17) is 52.0 Å². The van der Waals surface area contributed by atoms with Crippen molar-refractivity contribution in [3.8, 4) is 0 Å². The van der Waals surface area contributed by atoms with Gasteiger partial charge in [0.25, 0.3) is 0 Å². The Hall–Kier alpha value is -1.81. The molecular formula is C21H41Cl3N16S3. The van der Waals surface area contributed by atoms with Crippen LogP contribution in [0, 0.1) is 0 Å². The van der Waals surface area contributed by atoms with Gasteiger partial charge in [-0.1, -0.05) is 35.3 Å². The first kappa shape index (κ1) is 43.3. The Bertz CT molecular complexity index is 1100. The minimum absolute atomic E-state index is 0.129. The first-order chi connectivity index (χ1) is 20.7. The minimum atomic E-state index is 0.129. The van der Waals surface area contributed by atoms with Crippen molar-refractivity contribution in [2.45, 2.75) is 29.3 Å². The topological polar surface area (TPSA) is 256 Å². The van der Waals surface area contributed by atoms with Crippen molar-refractivity contribution in [1.82, 2.24) is 44.9 Å². The van der Waals surface area contributed by atoms with Gasteiger partial charge in [-0.3, -0.25) is 0 Å². The van der Waals surface area contributed by atoms with E-state index in [0.717, 1.165) is 13.1 Å². The number of hydrogen-bond acceptors (Lipinski definition) is 19. The maximum absolute atomic E-state index is 5.65. The first-order valence-corrected chi connectivity index (χ1v) is 17.3. The molecule has 0 aliphatic rings. The highest BCUT2D eigenvalue weighted by Gasteiger charge is 2.04. The number of hydrogen-bond donors (Lipinski definition) is 7. The van der Waals surface area contributed by atoms with Gasteiger partial charge in [0, 0.05) is 39.3 Å². The predicted octanol–water partition coefficient (Wildman–Crippen LogP) is 2.45. The van der Waals surface area contributed by atoms with Gasteiger partial charge in [0.05, 0.1) is 0 Å². The summed E-state index contributed by atoms with van der Waals surface area (Å²) < 4.78 is 0. The molecule has 0 bridgehead atoms. The summed E-state index contributed by atoms with van der Waals surface area (Å²) in [5.41, 5.74) is 19.7. The second kappa shape index (κ2) is 28.9. The highest BCUT2D eigenvalue weighted by atomic mass is 35.5. The van der Waals surface area contributed by atoms with Gasteiger partial charge in [-0.05, 0) is 74.5 Å². The summed E-state index contributed by atoms with van der Waals surface area (Å²) in [6.07, 6.45) is 5.65. The molecule has 0 saturated carbocycles. The van der Waals surface area contributed by atoms with E-state index in [1.807, 2.05) is 32.6 Å². The molecule has 3 rings (SSSR count). The SMILES string of the molecule is CCNc1nc(Cl)nc(SC)n1.CCNc1nc(NCCN)nc(SC)n1.CN.CSc1nc(Cl)nc(Cl)n1.NCCN. The molecular weight excluding hydrogens is 679 g/mol. The van der Waals surface area contributed by atoms with Crippen molar-refractivity contribution in [2.75, 3.05) is 81.0 Å². The average Bonchev–Trinajstić information content (AvgIpc) is 3.01. The van der Waals surface area contributed by atoms with E-state index in [1.165, 1.54) is 42.3 Å². The molecule has 43 heavy (non-hydrogen) atoms. The van der Waals surface area contributed by atoms with Gasteiger partial charge in [0.15, 0.2) is 15.5 Å². The number of aromatic nitrogens is 9. The molecule has 0 aromatic carbocycles. The monoisotopic (exact) mass is 718 g/mol. The van der Waals surface area contributed by atoms with Gasteiger partial charge in [-0.25, -0.2) is 0 Å². The van der Waals surface area contributed by atoms with Crippen molar-refractivity contribution >= 4 is 87.9 Å². The van der Waals surface area contributed by atoms with E-state index in [-0.39, 0.29) is 15.9 Å². The zero-order valence-corrected chi connectivity index (χ0v) is 29.7. The third-order valence-electron chi connectivity index (χ3n) is 3.57. The van der Waals surface area contributed by atoms with Crippen molar-refractivity contribution in [2.24, 2.45) is 22.9 Å². The lowest BCUT2D eigenvalue weighted by molar-refractivity contribution is 0.885. The number of nitrogens with zero attached hydrogens (tertiary/aromatic N) is 9. The average molecular weight is 720 g/mol. The Morgan fingerprint density at radius 1 is 0.512 bits per heavy atom. The van der Waals surface area contributed by atoms with Crippen LogP contribution in [0.25, 0.3) is 0 Å². The lowest BCUT2D eigenvalue weighted by Gasteiger charge is -2.07. The summed E-state index contributed by atoms with van der Waals surface area (Å²) in [6, 6.07) is 0. The zero-order chi connectivity index (χ0) is 33.0. The molecule has 0 aliphatic carbocycles. The number of rotatable bonds is 11. The molecule has 0 atom stereocenters. The van der Waals surface area contributed by atoms with E-state index in [0.29, 0.717) is 59.5 Å². The van der Waals surface area contributed by atoms with E-state index in [2.05, 4.69) is 66.5 Å². The molecule has 0 amide bonds. The Kier molecular flexibility index (Phi) is 29.1. The molecule has 0 saturated heterocycles. The smallest absolute Gasteiger partial charge is 0.228 e. The highest BCUT2D eigenvalue weighted by molar-refractivity contribution is 7.98. The lowest BCUT2D eigenvalue weighted by Crippen LogP contribution is -2.16. The maximum Gasteiger partial charge on any atom is 0.228 e. The molecule has 11 N–H and O–H groups in total. The van der Waals surface area contributed by atoms with Crippen LogP contribution in [0.15, 0.2) is 15.5 Å². The number of thioether (sulfide) groups is 3. The molecule has 22 heteroatoms. The van der Waals surface area contributed by atoms with E-state index < -0.39 is 0 Å². The third kappa shape index (κ3) is 22.4. The molecule has 16 nitrogen and oxygen atoms in total. The van der Waals surface area contributed by atoms with Gasteiger partial charge in [-0.2, -0.15) is 44.9 Å². The van der Waals surface area contributed by atoms with E-state index >= 15 is 0 Å². The second-order valence-electron chi connectivity index (χ2n) is 6.60. The lowest BCUT2D eigenvalue weighted by atomic mass is 10.6. The molecule has 3 heterocycles. The Labute approximate surface area is 280 Å². The fourth-order valence-electron chi connectivity index (χ4n) is 2.01. The Morgan fingerprint density at radius 2 is 0.860 bits per heavy atom. The number of anilines is 3. The summed E-state index contributed by atoms with van der Waals surface area (Å²) in [4.78, 5) is 35.6. The van der Waals surface area contributed by atoms with Crippen LogP contribution < -0.4 is 38.9 Å². The third-order valence-corrected chi connectivity index (χ3v) is 5.72. The first-order valence-electron chi connectivity index (χ1n) is 12.5. The van der Waals surface area contributed by atoms with Gasteiger partial charge in [-0.15, -0.1) is 0 Å². The van der Waals surface area contributed by atoms with Crippen LogP contribution >= 0.6 is 70.1 Å². The van der Waals surface area contributed by atoms with Gasteiger partial charge >= 0.3 is 0 Å². The fourth-order valence-corrected chi connectivity index (χ4v) is 3.75. The summed E-state index contributed by atoms with van der Waals surface area (Å²) in [5, 5.41) is 11.4. The van der Waals surface area contributed by atoms with Gasteiger partial charge in [0.2, 0.25) is 33.7 Å². The van der Waals surface area contributed by atoms with Crippen LogP contribution in [0.3, 0.4) is 0 Å². The van der Waals surface area contributed by atoms with Crippen molar-refractivity contribution in [3.05, 3.63) is 15.9 Å². The minimum Gasteiger partial charge on any atom is -0.354 e. The van der Waals surface area contributed by atoms with Crippen LogP contribution in [0.4, 0.5) is 17.8 Å². The molecule has 3 aromatic heterocycles. The Balaban J connectivity index is 0. The number of nitrogens with two attached hydrogens (primary N) is 4. The van der Waals surface area contributed by atoms with Gasteiger partial charge < -0.3 is 38.9 Å². The zero-order valence-electron chi connectivity index (χ0n) is 24.9. The molecule has 0 fully saturated rings. The standard InChI is InChI=1S/C8H16N6S.C6H9ClN4S.C4H3Cl2N3S.C2H8N2.CH5N/c1-3-10-6-12-7(11-5-4-9)14-8(13-6)15-2;1-3-8-5-9-4(7)10-6(11-5)12-2;1-10-4-8-2(5)7-3(6)9-4;3-1-2-4;1-2/h3-5,9H2,1-2H3,(H2,10,11,12,13,14);3H2,1-2H3,(H,8,9,10,11);1H3;1-4H2;2H2,1H3. The van der Waals surface area contributed by atoms with Crippen LogP contribution in [-0.2, 0) is 0 Å². The highest BCUT2D eigenvalue weighted by Crippen LogP contribution is 2.14. The molecule has 0 radical (unpaired) electrons. The van der Waals surface area contributed by atoms with Crippen LogP contribution in [-0.4, -0.2) is 110 Å². The van der Waals surface area contributed by atoms with Crippen LogP contribution in [0.1, 0.15) is 13.8 Å². The van der Waals surface area contributed by atoms with E-state index in [9.17, 15) is 0 Å². The fraction of sp³-hybridized carbons (Fsp3) is 0.571. The largest absolute Gasteiger partial charge is 0.354 e. The van der Waals surface area contributed by atoms with E-state index in [1.54, 1.807) is 0 Å². The van der Waals surface area contributed by atoms with Crippen molar-refractivity contribution in [3.63, 3.8) is 0 Å². The summed E-state index contributed by atoms with van der Waals surface area (Å²) >= 11 is 20.9.